The molecule has 1 N–H and O–H groups in total. The summed E-state index contributed by atoms with van der Waals surface area (Å²) in [6.45, 7) is 4.71. The smallest absolute Gasteiger partial charge is 0.159 e. The van der Waals surface area contributed by atoms with Crippen molar-refractivity contribution < 1.29 is 9.84 Å². The van der Waals surface area contributed by atoms with Crippen LogP contribution >= 0.6 is 0 Å². The van der Waals surface area contributed by atoms with Gasteiger partial charge < -0.3 is 9.84 Å². The molecule has 0 bridgehead atoms. The van der Waals surface area contributed by atoms with Crippen molar-refractivity contribution in [1.82, 2.24) is 9.97 Å². The maximum absolute atomic E-state index is 9.24. The zero-order valence-electron chi connectivity index (χ0n) is 17.9. The molecule has 156 valence electrons. The molecule has 1 aromatic carbocycles. The maximum atomic E-state index is 9.24. The van der Waals surface area contributed by atoms with Crippen molar-refractivity contribution in [2.45, 2.75) is 77.7 Å². The Labute approximate surface area is 175 Å². The van der Waals surface area contributed by atoms with Crippen LogP contribution < -0.4 is 4.74 Å². The topological polar surface area (TPSA) is 55.2 Å². The first-order valence-corrected chi connectivity index (χ1v) is 10.9. The molecule has 4 nitrogen and oxygen atoms in total. The Bertz CT molecular complexity index is 743. The summed E-state index contributed by atoms with van der Waals surface area (Å²) in [6, 6.07) is 7.81. The first-order valence-electron chi connectivity index (χ1n) is 10.9. The maximum Gasteiger partial charge on any atom is 0.159 e. The lowest BCUT2D eigenvalue weighted by Gasteiger charge is -2.06. The normalized spacial score (nSPS) is 11.6. The third-order valence-electron chi connectivity index (χ3n) is 4.67. The Balaban J connectivity index is 1.70. The van der Waals surface area contributed by atoms with Crippen LogP contribution in [-0.2, 0) is 0 Å². The summed E-state index contributed by atoms with van der Waals surface area (Å²) in [4.78, 5) is 8.83. The van der Waals surface area contributed by atoms with Crippen molar-refractivity contribution in [3.8, 4) is 29.0 Å². The van der Waals surface area contributed by atoms with Crippen molar-refractivity contribution in [3.05, 3.63) is 42.2 Å². The van der Waals surface area contributed by atoms with Gasteiger partial charge in [-0.05, 0) is 37.6 Å². The highest BCUT2D eigenvalue weighted by Crippen LogP contribution is 2.17. The number of ether oxygens (including phenoxy) is 1. The number of aliphatic hydroxyl groups is 1. The molecular weight excluding hydrogens is 360 g/mol. The standard InChI is InChI=1S/C25H34N2O2/c1-3-4-5-6-7-8-9-10-18-29-24-19-26-25(27-20-24)23-16-14-22(15-17-23)13-11-12-21(2)28/h14-17,19-21,28H,3-10,12,18H2,1-2H3. The molecule has 0 radical (unpaired) electrons. The van der Waals surface area contributed by atoms with Gasteiger partial charge in [0.2, 0.25) is 0 Å². The van der Waals surface area contributed by atoms with Crippen molar-refractivity contribution >= 4 is 0 Å². The zero-order chi connectivity index (χ0) is 20.7. The fraction of sp³-hybridized carbons (Fsp3) is 0.520. The molecule has 0 spiro atoms. The fourth-order valence-electron chi connectivity index (χ4n) is 2.97. The van der Waals surface area contributed by atoms with Crippen LogP contribution in [0.2, 0.25) is 0 Å². The van der Waals surface area contributed by atoms with E-state index in [2.05, 4.69) is 28.7 Å². The summed E-state index contributed by atoms with van der Waals surface area (Å²) in [5.74, 6) is 7.40. The molecule has 1 aromatic heterocycles. The van der Waals surface area contributed by atoms with E-state index in [4.69, 9.17) is 4.74 Å². The van der Waals surface area contributed by atoms with E-state index in [0.29, 0.717) is 12.2 Å². The second-order valence-corrected chi connectivity index (χ2v) is 7.50. The van der Waals surface area contributed by atoms with Crippen LogP contribution in [0.4, 0.5) is 0 Å². The molecular formula is C25H34N2O2. The molecule has 1 heterocycles. The van der Waals surface area contributed by atoms with Crippen LogP contribution in [0.3, 0.4) is 0 Å². The van der Waals surface area contributed by atoms with E-state index in [1.165, 1.54) is 44.9 Å². The lowest BCUT2D eigenvalue weighted by Crippen LogP contribution is -1.99. The largest absolute Gasteiger partial charge is 0.490 e. The van der Waals surface area contributed by atoms with Gasteiger partial charge in [0.15, 0.2) is 11.6 Å². The minimum Gasteiger partial charge on any atom is -0.490 e. The molecule has 2 rings (SSSR count). The molecule has 2 aromatic rings. The number of nitrogens with zero attached hydrogens (tertiary/aromatic N) is 2. The number of rotatable bonds is 12. The molecule has 0 aliphatic carbocycles. The molecule has 0 amide bonds. The first kappa shape index (κ1) is 22.9. The second-order valence-electron chi connectivity index (χ2n) is 7.50. The highest BCUT2D eigenvalue weighted by Gasteiger charge is 2.02. The van der Waals surface area contributed by atoms with Crippen LogP contribution in [0, 0.1) is 11.8 Å². The lowest BCUT2D eigenvalue weighted by molar-refractivity contribution is 0.201. The van der Waals surface area contributed by atoms with Crippen molar-refractivity contribution in [1.29, 1.82) is 0 Å². The zero-order valence-corrected chi connectivity index (χ0v) is 17.9. The molecule has 1 atom stereocenters. The van der Waals surface area contributed by atoms with Crippen LogP contribution in [-0.4, -0.2) is 27.8 Å². The molecule has 0 saturated heterocycles. The third-order valence-corrected chi connectivity index (χ3v) is 4.67. The Hall–Kier alpha value is -2.38. The van der Waals surface area contributed by atoms with E-state index in [1.807, 2.05) is 24.3 Å². The molecule has 0 saturated carbocycles. The summed E-state index contributed by atoms with van der Waals surface area (Å²) >= 11 is 0. The van der Waals surface area contributed by atoms with Crippen molar-refractivity contribution in [2.75, 3.05) is 6.61 Å². The van der Waals surface area contributed by atoms with Crippen molar-refractivity contribution in [2.24, 2.45) is 0 Å². The van der Waals surface area contributed by atoms with E-state index in [1.54, 1.807) is 19.3 Å². The van der Waals surface area contributed by atoms with Crippen molar-refractivity contribution in [3.63, 3.8) is 0 Å². The second kappa shape index (κ2) is 13.7. The summed E-state index contributed by atoms with van der Waals surface area (Å²) < 4.78 is 5.76. The monoisotopic (exact) mass is 394 g/mol. The number of hydrogen-bond acceptors (Lipinski definition) is 4. The summed E-state index contributed by atoms with van der Waals surface area (Å²) in [6.07, 6.45) is 13.9. The van der Waals surface area contributed by atoms with Crippen LogP contribution in [0.15, 0.2) is 36.7 Å². The average molecular weight is 395 g/mol. The van der Waals surface area contributed by atoms with Gasteiger partial charge in [0.05, 0.1) is 25.1 Å². The van der Waals surface area contributed by atoms with E-state index < -0.39 is 6.10 Å². The Morgan fingerprint density at radius 2 is 1.55 bits per heavy atom. The van der Waals surface area contributed by atoms with Gasteiger partial charge in [-0.3, -0.25) is 0 Å². The first-order chi connectivity index (χ1) is 14.2. The number of hydrogen-bond donors (Lipinski definition) is 1. The van der Waals surface area contributed by atoms with Gasteiger partial charge in [0.1, 0.15) is 0 Å². The Morgan fingerprint density at radius 1 is 0.931 bits per heavy atom. The number of aromatic nitrogens is 2. The van der Waals surface area contributed by atoms with Gasteiger partial charge in [-0.2, -0.15) is 0 Å². The molecule has 0 fully saturated rings. The van der Waals surface area contributed by atoms with Crippen LogP contribution in [0.1, 0.15) is 77.2 Å². The van der Waals surface area contributed by atoms with E-state index >= 15 is 0 Å². The van der Waals surface area contributed by atoms with Crippen LogP contribution in [0.25, 0.3) is 11.4 Å². The summed E-state index contributed by atoms with van der Waals surface area (Å²) in [5, 5.41) is 9.24. The van der Waals surface area contributed by atoms with E-state index in [0.717, 1.165) is 29.9 Å². The molecule has 29 heavy (non-hydrogen) atoms. The molecule has 0 aliphatic heterocycles. The third kappa shape index (κ3) is 9.58. The van der Waals surface area contributed by atoms with Gasteiger partial charge in [-0.25, -0.2) is 9.97 Å². The average Bonchev–Trinajstić information content (AvgIpc) is 2.73. The van der Waals surface area contributed by atoms with E-state index in [-0.39, 0.29) is 0 Å². The highest BCUT2D eigenvalue weighted by molar-refractivity contribution is 5.56. The molecule has 1 unspecified atom stereocenters. The van der Waals surface area contributed by atoms with E-state index in [9.17, 15) is 5.11 Å². The van der Waals surface area contributed by atoms with Gasteiger partial charge in [0, 0.05) is 17.5 Å². The summed E-state index contributed by atoms with van der Waals surface area (Å²) in [7, 11) is 0. The molecule has 0 aliphatic rings. The van der Waals surface area contributed by atoms with Gasteiger partial charge in [-0.1, -0.05) is 63.7 Å². The number of unbranched alkanes of at least 4 members (excludes halogenated alkanes) is 7. The van der Waals surface area contributed by atoms with Gasteiger partial charge in [0.25, 0.3) is 0 Å². The SMILES string of the molecule is CCCCCCCCCCOc1cnc(-c2ccc(C#CCC(C)O)cc2)nc1. The van der Waals surface area contributed by atoms with Gasteiger partial charge in [-0.15, -0.1) is 0 Å². The molecule has 4 heteroatoms. The Kier molecular flexibility index (Phi) is 10.9. The van der Waals surface area contributed by atoms with Crippen LogP contribution in [0.5, 0.6) is 5.75 Å². The number of benzene rings is 1. The quantitative estimate of drug-likeness (QED) is 0.366. The highest BCUT2D eigenvalue weighted by atomic mass is 16.5. The predicted octanol–water partition coefficient (Wildman–Crippen LogP) is 5.79. The number of aliphatic hydroxyl groups excluding tert-OH is 1. The summed E-state index contributed by atoms with van der Waals surface area (Å²) in [5.41, 5.74) is 1.86. The minimum atomic E-state index is -0.397. The van der Waals surface area contributed by atoms with Gasteiger partial charge >= 0.3 is 0 Å². The Morgan fingerprint density at radius 3 is 2.17 bits per heavy atom. The predicted molar refractivity (Wildman–Crippen MR) is 119 cm³/mol. The minimum absolute atomic E-state index is 0.397. The fourth-order valence-corrected chi connectivity index (χ4v) is 2.97. The lowest BCUT2D eigenvalue weighted by atomic mass is 10.1.